The van der Waals surface area contributed by atoms with Crippen molar-refractivity contribution in [3.8, 4) is 0 Å². The molecule has 4 nitrogen and oxygen atoms in total. The summed E-state index contributed by atoms with van der Waals surface area (Å²) in [6.07, 6.45) is 1.81. The first-order chi connectivity index (χ1) is 8.12. The Bertz CT molecular complexity index is 522. The van der Waals surface area contributed by atoms with Crippen LogP contribution in [0.3, 0.4) is 0 Å². The molecule has 1 aliphatic carbocycles. The second-order valence-electron chi connectivity index (χ2n) is 4.51. The fraction of sp³-hybridized carbons (Fsp3) is 0.333. The van der Waals surface area contributed by atoms with E-state index in [2.05, 4.69) is 5.32 Å². The van der Waals surface area contributed by atoms with Crippen molar-refractivity contribution in [3.63, 3.8) is 0 Å². The van der Waals surface area contributed by atoms with Gasteiger partial charge in [-0.05, 0) is 25.0 Å². The second-order valence-corrected chi connectivity index (χ2v) is 5.52. The van der Waals surface area contributed by atoms with Gasteiger partial charge in [0.25, 0.3) is 0 Å². The molecule has 0 unspecified atom stereocenters. The van der Waals surface area contributed by atoms with E-state index in [9.17, 15) is 9.59 Å². The first kappa shape index (κ1) is 10.7. The molecule has 0 saturated heterocycles. The van der Waals surface area contributed by atoms with Gasteiger partial charge < -0.3 is 10.4 Å². The highest BCUT2D eigenvalue weighted by Crippen LogP contribution is 2.53. The van der Waals surface area contributed by atoms with E-state index in [-0.39, 0.29) is 16.9 Å². The molecule has 0 aromatic heterocycles. The topological polar surface area (TPSA) is 66.4 Å². The molecule has 5 heteroatoms. The molecule has 3 rings (SSSR count). The summed E-state index contributed by atoms with van der Waals surface area (Å²) in [5.74, 6) is -0.290. The number of para-hydroxylation sites is 1. The molecule has 1 aliphatic heterocycles. The molecular formula is C12H11NO3S. The minimum absolute atomic E-state index is 0.0301. The van der Waals surface area contributed by atoms with Crippen LogP contribution < -0.4 is 5.32 Å². The third-order valence-corrected chi connectivity index (χ3v) is 4.68. The van der Waals surface area contributed by atoms with Crippen LogP contribution in [0.4, 0.5) is 5.69 Å². The Morgan fingerprint density at radius 1 is 1.41 bits per heavy atom. The largest absolute Gasteiger partial charge is 0.478 e. The molecule has 88 valence electrons. The summed E-state index contributed by atoms with van der Waals surface area (Å²) < 4.78 is 0. The van der Waals surface area contributed by atoms with Gasteiger partial charge in [-0.1, -0.05) is 6.07 Å². The SMILES string of the molecule is O=C(O)c1cccc2c1NC(=O)C1(CC1)CS2. The maximum absolute atomic E-state index is 12.0. The zero-order chi connectivity index (χ0) is 12.0. The van der Waals surface area contributed by atoms with Crippen LogP contribution in [0.5, 0.6) is 0 Å². The van der Waals surface area contributed by atoms with Crippen molar-refractivity contribution >= 4 is 29.3 Å². The first-order valence-electron chi connectivity index (χ1n) is 5.43. The lowest BCUT2D eigenvalue weighted by atomic mass is 10.1. The molecule has 17 heavy (non-hydrogen) atoms. The summed E-state index contributed by atoms with van der Waals surface area (Å²) in [4.78, 5) is 24.0. The number of carboxylic acid groups (broad SMARTS) is 1. The van der Waals surface area contributed by atoms with E-state index in [1.807, 2.05) is 6.07 Å². The Hall–Kier alpha value is -1.49. The normalized spacial score (nSPS) is 20.4. The molecule has 1 saturated carbocycles. The highest BCUT2D eigenvalue weighted by Gasteiger charge is 2.51. The summed E-state index contributed by atoms with van der Waals surface area (Å²) in [7, 11) is 0. The Kier molecular flexibility index (Phi) is 2.19. The average molecular weight is 249 g/mol. The molecule has 1 fully saturated rings. The molecule has 1 aromatic carbocycles. The van der Waals surface area contributed by atoms with E-state index in [4.69, 9.17) is 5.11 Å². The molecule has 0 atom stereocenters. The maximum Gasteiger partial charge on any atom is 0.337 e. The minimum atomic E-state index is -1.01. The fourth-order valence-electron chi connectivity index (χ4n) is 2.01. The number of amides is 1. The number of rotatable bonds is 1. The maximum atomic E-state index is 12.0. The van der Waals surface area contributed by atoms with E-state index in [1.54, 1.807) is 17.8 Å². The number of aromatic carboxylic acids is 1. The quantitative estimate of drug-likeness (QED) is 0.800. The molecular weight excluding hydrogens is 238 g/mol. The van der Waals surface area contributed by atoms with Gasteiger partial charge in [0.05, 0.1) is 16.7 Å². The number of anilines is 1. The van der Waals surface area contributed by atoms with Crippen molar-refractivity contribution in [1.29, 1.82) is 0 Å². The highest BCUT2D eigenvalue weighted by molar-refractivity contribution is 7.99. The lowest BCUT2D eigenvalue weighted by molar-refractivity contribution is -0.120. The van der Waals surface area contributed by atoms with Crippen molar-refractivity contribution in [1.82, 2.24) is 0 Å². The van der Waals surface area contributed by atoms with Crippen LogP contribution in [0.2, 0.25) is 0 Å². The standard InChI is InChI=1S/C12H11NO3S/c14-10(15)7-2-1-3-8-9(7)13-11(16)12(4-5-12)6-17-8/h1-3H,4-6H2,(H,13,16)(H,14,15). The van der Waals surface area contributed by atoms with Crippen LogP contribution in [-0.2, 0) is 4.79 Å². The van der Waals surface area contributed by atoms with Crippen molar-refractivity contribution in [2.45, 2.75) is 17.7 Å². The van der Waals surface area contributed by atoms with Crippen LogP contribution >= 0.6 is 11.8 Å². The van der Waals surface area contributed by atoms with Gasteiger partial charge in [-0.2, -0.15) is 0 Å². The van der Waals surface area contributed by atoms with E-state index < -0.39 is 5.97 Å². The summed E-state index contributed by atoms with van der Waals surface area (Å²) >= 11 is 1.57. The van der Waals surface area contributed by atoms with Gasteiger partial charge in [0.2, 0.25) is 5.91 Å². The fourth-order valence-corrected chi connectivity index (χ4v) is 3.34. The number of nitrogens with one attached hydrogen (secondary N) is 1. The molecule has 1 amide bonds. The molecule has 2 aliphatic rings. The van der Waals surface area contributed by atoms with E-state index in [0.29, 0.717) is 5.69 Å². The second kappa shape index (κ2) is 3.50. The smallest absolute Gasteiger partial charge is 0.337 e. The Morgan fingerprint density at radius 2 is 2.18 bits per heavy atom. The zero-order valence-corrected chi connectivity index (χ0v) is 9.84. The van der Waals surface area contributed by atoms with Crippen LogP contribution in [0.25, 0.3) is 0 Å². The van der Waals surface area contributed by atoms with Gasteiger partial charge in [-0.3, -0.25) is 4.79 Å². The Labute approximate surface area is 102 Å². The average Bonchev–Trinajstić information content (AvgIpc) is 3.09. The van der Waals surface area contributed by atoms with Crippen molar-refractivity contribution in [2.24, 2.45) is 5.41 Å². The van der Waals surface area contributed by atoms with Crippen LogP contribution in [0, 0.1) is 5.41 Å². The number of carbonyl (C=O) groups is 2. The summed E-state index contributed by atoms with van der Waals surface area (Å²) in [5, 5.41) is 11.9. The number of thioether (sulfide) groups is 1. The van der Waals surface area contributed by atoms with Crippen LogP contribution in [0.1, 0.15) is 23.2 Å². The van der Waals surface area contributed by atoms with E-state index in [0.717, 1.165) is 23.5 Å². The van der Waals surface area contributed by atoms with Crippen molar-refractivity contribution in [3.05, 3.63) is 23.8 Å². The molecule has 1 aromatic rings. The van der Waals surface area contributed by atoms with Gasteiger partial charge in [0.15, 0.2) is 0 Å². The Morgan fingerprint density at radius 3 is 2.82 bits per heavy atom. The van der Waals surface area contributed by atoms with Gasteiger partial charge in [-0.15, -0.1) is 11.8 Å². The number of carbonyl (C=O) groups excluding carboxylic acids is 1. The summed E-state index contributed by atoms with van der Waals surface area (Å²) in [5.41, 5.74) is 0.374. The Balaban J connectivity index is 2.07. The van der Waals surface area contributed by atoms with Crippen LogP contribution in [0.15, 0.2) is 23.1 Å². The first-order valence-corrected chi connectivity index (χ1v) is 6.41. The number of hydrogen-bond donors (Lipinski definition) is 2. The van der Waals surface area contributed by atoms with Gasteiger partial charge in [0, 0.05) is 10.6 Å². The summed E-state index contributed by atoms with van der Waals surface area (Å²) in [6, 6.07) is 5.09. The van der Waals surface area contributed by atoms with Crippen LogP contribution in [-0.4, -0.2) is 22.7 Å². The summed E-state index contributed by atoms with van der Waals surface area (Å²) in [6.45, 7) is 0. The highest BCUT2D eigenvalue weighted by atomic mass is 32.2. The number of carboxylic acids is 1. The van der Waals surface area contributed by atoms with E-state index >= 15 is 0 Å². The van der Waals surface area contributed by atoms with Crippen molar-refractivity contribution in [2.75, 3.05) is 11.1 Å². The minimum Gasteiger partial charge on any atom is -0.478 e. The van der Waals surface area contributed by atoms with Gasteiger partial charge >= 0.3 is 5.97 Å². The molecule has 1 heterocycles. The number of hydrogen-bond acceptors (Lipinski definition) is 3. The number of fused-ring (bicyclic) bond motifs is 1. The van der Waals surface area contributed by atoms with Gasteiger partial charge in [0.1, 0.15) is 0 Å². The molecule has 0 bridgehead atoms. The third kappa shape index (κ3) is 1.61. The molecule has 0 radical (unpaired) electrons. The zero-order valence-electron chi connectivity index (χ0n) is 9.03. The lowest BCUT2D eigenvalue weighted by Crippen LogP contribution is -2.25. The van der Waals surface area contributed by atoms with Crippen molar-refractivity contribution < 1.29 is 14.7 Å². The van der Waals surface area contributed by atoms with E-state index in [1.165, 1.54) is 6.07 Å². The third-order valence-electron chi connectivity index (χ3n) is 3.33. The monoisotopic (exact) mass is 249 g/mol. The molecule has 1 spiro atoms. The molecule has 2 N–H and O–H groups in total. The predicted octanol–water partition coefficient (Wildman–Crippen LogP) is 2.21. The predicted molar refractivity (Wildman–Crippen MR) is 64.4 cm³/mol. The number of benzene rings is 1. The van der Waals surface area contributed by atoms with Gasteiger partial charge in [-0.25, -0.2) is 4.79 Å². The lowest BCUT2D eigenvalue weighted by Gasteiger charge is -2.10.